The lowest BCUT2D eigenvalue weighted by Gasteiger charge is -2.16. The maximum atomic E-state index is 11.8. The van der Waals surface area contributed by atoms with Gasteiger partial charge in [-0.3, -0.25) is 15.6 Å². The number of para-hydroxylation sites is 2. The van der Waals surface area contributed by atoms with Crippen molar-refractivity contribution in [3.05, 3.63) is 24.3 Å². The van der Waals surface area contributed by atoms with Crippen molar-refractivity contribution in [3.63, 3.8) is 0 Å². The number of hydrogen-bond donors (Lipinski definition) is 3. The minimum atomic E-state index is -0.114. The zero-order chi connectivity index (χ0) is 17.9. The molecule has 0 aromatic heterocycles. The Hall–Kier alpha value is -2.02. The Kier molecular flexibility index (Phi) is 8.31. The van der Waals surface area contributed by atoms with Crippen LogP contribution >= 0.6 is 12.2 Å². The Morgan fingerprint density at radius 1 is 1.16 bits per heavy atom. The van der Waals surface area contributed by atoms with Crippen LogP contribution < -0.4 is 25.6 Å². The monoisotopic (exact) mass is 365 g/mol. The predicted molar refractivity (Wildman–Crippen MR) is 102 cm³/mol. The summed E-state index contributed by atoms with van der Waals surface area (Å²) in [6.45, 7) is 2.96. The van der Waals surface area contributed by atoms with E-state index in [-0.39, 0.29) is 5.91 Å². The highest BCUT2D eigenvalue weighted by atomic mass is 32.1. The lowest BCUT2D eigenvalue weighted by atomic mass is 10.3. The molecular formula is C18H27N3O3S. The average Bonchev–Trinajstić information content (AvgIpc) is 3.11. The number of nitrogens with one attached hydrogen (secondary N) is 3. The van der Waals surface area contributed by atoms with Crippen LogP contribution in [0.4, 0.5) is 0 Å². The Labute approximate surface area is 154 Å². The molecule has 1 aliphatic carbocycles. The first-order valence-electron chi connectivity index (χ1n) is 8.89. The van der Waals surface area contributed by atoms with E-state index >= 15 is 0 Å². The molecule has 1 aromatic rings. The highest BCUT2D eigenvalue weighted by Crippen LogP contribution is 2.26. The van der Waals surface area contributed by atoms with Crippen LogP contribution in [0.3, 0.4) is 0 Å². The minimum absolute atomic E-state index is 0.114. The first-order valence-corrected chi connectivity index (χ1v) is 9.30. The van der Waals surface area contributed by atoms with E-state index in [0.717, 1.165) is 18.6 Å². The van der Waals surface area contributed by atoms with Gasteiger partial charge in [-0.2, -0.15) is 0 Å². The number of benzene rings is 1. The second-order valence-electron chi connectivity index (χ2n) is 5.96. The molecule has 0 radical (unpaired) electrons. The van der Waals surface area contributed by atoms with Gasteiger partial charge in [0.15, 0.2) is 16.6 Å². The molecular weight excluding hydrogens is 338 g/mol. The van der Waals surface area contributed by atoms with Crippen LogP contribution in [-0.2, 0) is 4.79 Å². The van der Waals surface area contributed by atoms with Crippen molar-refractivity contribution in [2.75, 3.05) is 13.2 Å². The summed E-state index contributed by atoms with van der Waals surface area (Å²) in [7, 11) is 0. The van der Waals surface area contributed by atoms with Gasteiger partial charge in [0, 0.05) is 12.5 Å². The van der Waals surface area contributed by atoms with Crippen molar-refractivity contribution in [3.8, 4) is 11.5 Å². The Bertz CT molecular complexity index is 562. The molecule has 138 valence electrons. The standard InChI is InChI=1S/C18H27N3O3S/c1-2-23-15-10-5-6-11-16(15)24-13-7-12-17(22)20-21-18(25)19-14-8-3-4-9-14/h5-6,10-11,14H,2-4,7-9,12-13H2,1H3,(H,20,22)(H2,19,21,25). The van der Waals surface area contributed by atoms with E-state index in [9.17, 15) is 4.79 Å². The largest absolute Gasteiger partial charge is 0.490 e. The molecule has 1 aromatic carbocycles. The zero-order valence-electron chi connectivity index (χ0n) is 14.7. The fourth-order valence-corrected chi connectivity index (χ4v) is 2.96. The number of hydrazine groups is 1. The molecule has 0 saturated heterocycles. The second-order valence-corrected chi connectivity index (χ2v) is 6.37. The van der Waals surface area contributed by atoms with Crippen molar-refractivity contribution in [2.45, 2.75) is 51.5 Å². The maximum Gasteiger partial charge on any atom is 0.238 e. The summed E-state index contributed by atoms with van der Waals surface area (Å²) in [6, 6.07) is 7.95. The molecule has 0 bridgehead atoms. The SMILES string of the molecule is CCOc1ccccc1OCCCC(=O)NNC(=S)NC1CCCC1. The summed E-state index contributed by atoms with van der Waals surface area (Å²) >= 11 is 5.17. The molecule has 0 aliphatic heterocycles. The highest BCUT2D eigenvalue weighted by Gasteiger charge is 2.15. The van der Waals surface area contributed by atoms with Gasteiger partial charge in [0.2, 0.25) is 5.91 Å². The van der Waals surface area contributed by atoms with Crippen LogP contribution in [0.15, 0.2) is 24.3 Å². The van der Waals surface area contributed by atoms with E-state index in [4.69, 9.17) is 21.7 Å². The molecule has 3 N–H and O–H groups in total. The predicted octanol–water partition coefficient (Wildman–Crippen LogP) is 2.68. The van der Waals surface area contributed by atoms with Crippen molar-refractivity contribution >= 4 is 23.2 Å². The average molecular weight is 365 g/mol. The number of carbonyl (C=O) groups excluding carboxylic acids is 1. The van der Waals surface area contributed by atoms with Crippen LogP contribution in [0.1, 0.15) is 45.4 Å². The van der Waals surface area contributed by atoms with Crippen molar-refractivity contribution in [1.29, 1.82) is 0 Å². The van der Waals surface area contributed by atoms with Crippen molar-refractivity contribution < 1.29 is 14.3 Å². The highest BCUT2D eigenvalue weighted by molar-refractivity contribution is 7.80. The summed E-state index contributed by atoms with van der Waals surface area (Å²) in [5.74, 6) is 1.31. The lowest BCUT2D eigenvalue weighted by Crippen LogP contribution is -2.49. The zero-order valence-corrected chi connectivity index (χ0v) is 15.5. The number of hydrogen-bond acceptors (Lipinski definition) is 4. The number of rotatable bonds is 8. The number of ether oxygens (including phenoxy) is 2. The number of amides is 1. The van der Waals surface area contributed by atoms with Gasteiger partial charge in [-0.25, -0.2) is 0 Å². The van der Waals surface area contributed by atoms with E-state index in [1.54, 1.807) is 0 Å². The maximum absolute atomic E-state index is 11.8. The van der Waals surface area contributed by atoms with E-state index in [2.05, 4.69) is 16.2 Å². The molecule has 1 aliphatic rings. The Morgan fingerprint density at radius 3 is 2.52 bits per heavy atom. The van der Waals surface area contributed by atoms with Crippen molar-refractivity contribution in [2.24, 2.45) is 0 Å². The van der Waals surface area contributed by atoms with Crippen molar-refractivity contribution in [1.82, 2.24) is 16.2 Å². The third-order valence-corrected chi connectivity index (χ3v) is 4.18. The first-order chi connectivity index (χ1) is 12.2. The summed E-state index contributed by atoms with van der Waals surface area (Å²) in [6.07, 6.45) is 5.71. The molecule has 7 heteroatoms. The summed E-state index contributed by atoms with van der Waals surface area (Å²) in [5.41, 5.74) is 5.37. The Balaban J connectivity index is 1.58. The number of carbonyl (C=O) groups is 1. The molecule has 0 unspecified atom stereocenters. The molecule has 25 heavy (non-hydrogen) atoms. The second kappa shape index (κ2) is 10.8. The Morgan fingerprint density at radius 2 is 1.84 bits per heavy atom. The lowest BCUT2D eigenvalue weighted by molar-refractivity contribution is -0.121. The first kappa shape index (κ1) is 19.3. The minimum Gasteiger partial charge on any atom is -0.490 e. The fraction of sp³-hybridized carbons (Fsp3) is 0.556. The van der Waals surface area contributed by atoms with Crippen LogP contribution in [0.5, 0.6) is 11.5 Å². The third kappa shape index (κ3) is 7.17. The number of thiocarbonyl (C=S) groups is 1. The van der Waals surface area contributed by atoms with E-state index in [0.29, 0.717) is 43.0 Å². The topological polar surface area (TPSA) is 71.6 Å². The third-order valence-electron chi connectivity index (χ3n) is 3.96. The molecule has 2 rings (SSSR count). The molecule has 1 amide bonds. The molecule has 1 saturated carbocycles. The van der Waals surface area contributed by atoms with E-state index in [1.165, 1.54) is 12.8 Å². The van der Waals surface area contributed by atoms with Gasteiger partial charge in [0.05, 0.1) is 13.2 Å². The van der Waals surface area contributed by atoms with Gasteiger partial charge >= 0.3 is 0 Å². The van der Waals surface area contributed by atoms with Crippen LogP contribution in [0, 0.1) is 0 Å². The van der Waals surface area contributed by atoms with Crippen LogP contribution in [-0.4, -0.2) is 30.3 Å². The van der Waals surface area contributed by atoms with Gasteiger partial charge in [-0.05, 0) is 50.5 Å². The summed E-state index contributed by atoms with van der Waals surface area (Å²) < 4.78 is 11.2. The van der Waals surface area contributed by atoms with Crippen LogP contribution in [0.25, 0.3) is 0 Å². The van der Waals surface area contributed by atoms with E-state index < -0.39 is 0 Å². The van der Waals surface area contributed by atoms with Gasteiger partial charge in [0.25, 0.3) is 0 Å². The molecule has 1 fully saturated rings. The van der Waals surface area contributed by atoms with Gasteiger partial charge in [-0.1, -0.05) is 25.0 Å². The van der Waals surface area contributed by atoms with E-state index in [1.807, 2.05) is 31.2 Å². The quantitative estimate of drug-likeness (QED) is 0.374. The van der Waals surface area contributed by atoms with Gasteiger partial charge < -0.3 is 14.8 Å². The smallest absolute Gasteiger partial charge is 0.238 e. The fourth-order valence-electron chi connectivity index (χ4n) is 2.74. The summed E-state index contributed by atoms with van der Waals surface area (Å²) in [4.78, 5) is 11.8. The summed E-state index contributed by atoms with van der Waals surface area (Å²) in [5, 5.41) is 3.68. The molecule has 0 atom stereocenters. The molecule has 0 heterocycles. The van der Waals surface area contributed by atoms with Crippen LogP contribution in [0.2, 0.25) is 0 Å². The van der Waals surface area contributed by atoms with Gasteiger partial charge in [-0.15, -0.1) is 0 Å². The van der Waals surface area contributed by atoms with Gasteiger partial charge in [0.1, 0.15) is 0 Å². The molecule has 0 spiro atoms. The molecule has 6 nitrogen and oxygen atoms in total. The normalized spacial score (nSPS) is 14.0.